The molecule has 4 heterocycles. The van der Waals surface area contributed by atoms with E-state index in [1.165, 1.54) is 77.0 Å². The molecule has 0 amide bonds. The van der Waals surface area contributed by atoms with Crippen LogP contribution in [0.4, 0.5) is 34.1 Å². The summed E-state index contributed by atoms with van der Waals surface area (Å²) in [6, 6.07) is 57.7. The summed E-state index contributed by atoms with van der Waals surface area (Å²) in [5, 5.41) is 4.41. The van der Waals surface area contributed by atoms with Gasteiger partial charge in [0.15, 0.2) is 0 Å². The van der Waals surface area contributed by atoms with Gasteiger partial charge in [0.05, 0.1) is 22.7 Å². The maximum absolute atomic E-state index is 2.41. The lowest BCUT2D eigenvalue weighted by atomic mass is 10.0. The highest BCUT2D eigenvalue weighted by Gasteiger charge is 2.28. The second kappa shape index (κ2) is 11.0. The van der Waals surface area contributed by atoms with Crippen LogP contribution >= 0.6 is 22.7 Å². The Balaban J connectivity index is 1.03. The van der Waals surface area contributed by atoms with Crippen LogP contribution in [0.3, 0.4) is 0 Å². The second-order valence-electron chi connectivity index (χ2n) is 12.2. The number of para-hydroxylation sites is 4. The van der Waals surface area contributed by atoms with Crippen LogP contribution in [0.15, 0.2) is 168 Å². The fraction of sp³-hybridized carbons (Fsp3) is 0. The van der Waals surface area contributed by atoms with Gasteiger partial charge in [-0.15, -0.1) is 22.7 Å². The van der Waals surface area contributed by atoms with Crippen LogP contribution in [0.25, 0.3) is 54.3 Å². The molecule has 226 valence electrons. The first-order valence-electron chi connectivity index (χ1n) is 16.2. The smallest absolute Gasteiger partial charge is 0.0548 e. The summed E-state index contributed by atoms with van der Waals surface area (Å²) >= 11 is 3.63. The van der Waals surface area contributed by atoms with Gasteiger partial charge in [-0.2, -0.15) is 0 Å². The van der Waals surface area contributed by atoms with Crippen molar-refractivity contribution in [2.24, 2.45) is 0 Å². The highest BCUT2D eigenvalue weighted by Crippen LogP contribution is 2.54. The number of rotatable bonds is 3. The molecule has 2 nitrogen and oxygen atoms in total. The first-order chi connectivity index (χ1) is 23.8. The van der Waals surface area contributed by atoms with Gasteiger partial charge in [-0.25, -0.2) is 0 Å². The van der Waals surface area contributed by atoms with Crippen molar-refractivity contribution in [3.05, 3.63) is 168 Å². The Labute approximate surface area is 288 Å². The molecule has 4 heteroatoms. The van der Waals surface area contributed by atoms with E-state index in [0.717, 1.165) is 11.4 Å². The molecule has 0 saturated carbocycles. The summed E-state index contributed by atoms with van der Waals surface area (Å²) in [4.78, 5) is 7.47. The van der Waals surface area contributed by atoms with Crippen LogP contribution in [0.5, 0.6) is 0 Å². The van der Waals surface area contributed by atoms with Crippen LogP contribution in [0.1, 0.15) is 0 Å². The highest BCUT2D eigenvalue weighted by atomic mass is 32.1. The molecule has 0 saturated heterocycles. The first-order valence-corrected chi connectivity index (χ1v) is 17.9. The largest absolute Gasteiger partial charge is 0.309 e. The molecule has 6 aromatic carbocycles. The average Bonchev–Trinajstić information content (AvgIpc) is 3.80. The lowest BCUT2D eigenvalue weighted by molar-refractivity contribution is 1.29. The summed E-state index contributed by atoms with van der Waals surface area (Å²) in [5.41, 5.74) is 17.2. The van der Waals surface area contributed by atoms with Gasteiger partial charge in [-0.05, 0) is 82.6 Å². The monoisotopic (exact) mass is 648 g/mol. The fourth-order valence-corrected chi connectivity index (χ4v) is 9.29. The van der Waals surface area contributed by atoms with Crippen LogP contribution < -0.4 is 9.80 Å². The number of anilines is 6. The van der Waals surface area contributed by atoms with Crippen molar-refractivity contribution in [1.82, 2.24) is 0 Å². The van der Waals surface area contributed by atoms with Crippen molar-refractivity contribution in [3.63, 3.8) is 0 Å². The molecule has 8 aromatic rings. The van der Waals surface area contributed by atoms with Crippen molar-refractivity contribution in [2.75, 3.05) is 9.80 Å². The van der Waals surface area contributed by atoms with Crippen molar-refractivity contribution in [3.8, 4) is 54.3 Å². The molecule has 2 aliphatic heterocycles. The zero-order chi connectivity index (χ0) is 31.6. The number of nitrogens with zero attached hydrogens (tertiary/aromatic N) is 2. The van der Waals surface area contributed by atoms with Gasteiger partial charge in [-0.3, -0.25) is 0 Å². The van der Waals surface area contributed by atoms with Crippen LogP contribution in [0.2, 0.25) is 0 Å². The first kappa shape index (κ1) is 27.4. The molecule has 0 N–H and O–H groups in total. The van der Waals surface area contributed by atoms with E-state index in [0.29, 0.717) is 0 Å². The van der Waals surface area contributed by atoms with Crippen LogP contribution in [0, 0.1) is 0 Å². The number of benzene rings is 6. The minimum absolute atomic E-state index is 1.15. The quantitative estimate of drug-likeness (QED) is 0.188. The van der Waals surface area contributed by atoms with E-state index in [2.05, 4.69) is 178 Å². The molecule has 2 aliphatic rings. The zero-order valence-electron chi connectivity index (χ0n) is 25.9. The normalized spacial score (nSPS) is 12.5. The van der Waals surface area contributed by atoms with E-state index in [1.54, 1.807) is 0 Å². The number of hydrogen-bond acceptors (Lipinski definition) is 4. The summed E-state index contributed by atoms with van der Waals surface area (Å²) < 4.78 is 0. The van der Waals surface area contributed by atoms with E-state index in [1.807, 2.05) is 22.7 Å². The summed E-state index contributed by atoms with van der Waals surface area (Å²) in [6.45, 7) is 0. The second-order valence-corrected chi connectivity index (χ2v) is 14.0. The maximum atomic E-state index is 2.41. The van der Waals surface area contributed by atoms with Gasteiger partial charge in [0.1, 0.15) is 0 Å². The number of hydrogen-bond donors (Lipinski definition) is 0. The summed E-state index contributed by atoms with van der Waals surface area (Å²) in [6.07, 6.45) is 0. The fourth-order valence-electron chi connectivity index (χ4n) is 7.40. The third kappa shape index (κ3) is 4.17. The lowest BCUT2D eigenvalue weighted by Crippen LogP contribution is -2.11. The molecule has 0 radical (unpaired) electrons. The molecular weight excluding hydrogens is 621 g/mol. The lowest BCUT2D eigenvalue weighted by Gasteiger charge is -2.28. The van der Waals surface area contributed by atoms with Gasteiger partial charge in [0, 0.05) is 54.5 Å². The summed E-state index contributed by atoms with van der Waals surface area (Å²) in [5.74, 6) is 0. The standard InChI is InChI=1S/C44H28N2S2/c1-5-13-39-33(9-1)35-25-27-47-43(35)37-11-3-7-15-41(37)45(39)31-21-17-29(18-22-31)30-19-23-32(24-20-30)46-40-14-6-2-10-34(40)36-26-28-48-44(36)38-12-4-8-16-42(38)46/h1-28H. The Morgan fingerprint density at radius 2 is 0.625 bits per heavy atom. The highest BCUT2D eigenvalue weighted by molar-refractivity contribution is 7.14. The van der Waals surface area contributed by atoms with E-state index in [-0.39, 0.29) is 0 Å². The Morgan fingerprint density at radius 1 is 0.292 bits per heavy atom. The predicted molar refractivity (Wildman–Crippen MR) is 206 cm³/mol. The minimum atomic E-state index is 1.15. The van der Waals surface area contributed by atoms with Crippen LogP contribution in [-0.4, -0.2) is 0 Å². The Morgan fingerprint density at radius 3 is 1.02 bits per heavy atom. The molecule has 48 heavy (non-hydrogen) atoms. The third-order valence-electron chi connectivity index (χ3n) is 9.56. The van der Waals surface area contributed by atoms with E-state index < -0.39 is 0 Å². The average molecular weight is 649 g/mol. The van der Waals surface area contributed by atoms with Gasteiger partial charge < -0.3 is 9.80 Å². The van der Waals surface area contributed by atoms with E-state index in [4.69, 9.17) is 0 Å². The molecule has 0 aliphatic carbocycles. The van der Waals surface area contributed by atoms with Crippen LogP contribution in [-0.2, 0) is 0 Å². The molecule has 0 unspecified atom stereocenters. The van der Waals surface area contributed by atoms with Gasteiger partial charge in [0.25, 0.3) is 0 Å². The zero-order valence-corrected chi connectivity index (χ0v) is 27.5. The molecule has 2 aromatic heterocycles. The topological polar surface area (TPSA) is 6.48 Å². The van der Waals surface area contributed by atoms with Gasteiger partial charge in [-0.1, -0.05) is 97.1 Å². The third-order valence-corrected chi connectivity index (χ3v) is 11.5. The van der Waals surface area contributed by atoms with Gasteiger partial charge >= 0.3 is 0 Å². The molecule has 0 spiro atoms. The van der Waals surface area contributed by atoms with Crippen molar-refractivity contribution in [2.45, 2.75) is 0 Å². The Bertz CT molecular complexity index is 2170. The molecule has 0 atom stereocenters. The Kier molecular flexibility index (Phi) is 6.26. The van der Waals surface area contributed by atoms with Crippen molar-refractivity contribution >= 4 is 56.8 Å². The minimum Gasteiger partial charge on any atom is -0.309 e. The summed E-state index contributed by atoms with van der Waals surface area (Å²) in [7, 11) is 0. The maximum Gasteiger partial charge on any atom is 0.0548 e. The predicted octanol–water partition coefficient (Wildman–Crippen LogP) is 13.7. The molecular formula is C44H28N2S2. The van der Waals surface area contributed by atoms with E-state index in [9.17, 15) is 0 Å². The molecule has 0 fully saturated rings. The van der Waals surface area contributed by atoms with E-state index >= 15 is 0 Å². The molecule has 10 rings (SSSR count). The van der Waals surface area contributed by atoms with Crippen molar-refractivity contribution < 1.29 is 0 Å². The number of thiophene rings is 2. The number of fused-ring (bicyclic) bond motifs is 10. The Hall–Kier alpha value is -5.68. The SMILES string of the molecule is c1ccc2c(c1)-c1ccsc1-c1ccccc1N2c1ccc(-c2ccc(N3c4ccccc4-c4ccsc4-c4ccccc43)cc2)cc1. The van der Waals surface area contributed by atoms with Crippen molar-refractivity contribution in [1.29, 1.82) is 0 Å². The molecule has 0 bridgehead atoms. The van der Waals surface area contributed by atoms with Gasteiger partial charge in [0.2, 0.25) is 0 Å².